The van der Waals surface area contributed by atoms with Gasteiger partial charge in [-0.25, -0.2) is 8.42 Å². The van der Waals surface area contributed by atoms with Crippen LogP contribution in [0.1, 0.15) is 16.8 Å². The monoisotopic (exact) mass is 392 g/mol. The van der Waals surface area contributed by atoms with Crippen molar-refractivity contribution in [3.63, 3.8) is 0 Å². The second-order valence-electron chi connectivity index (χ2n) is 5.53. The normalized spacial score (nSPS) is 10.9. The van der Waals surface area contributed by atoms with E-state index in [0.29, 0.717) is 11.5 Å². The molecule has 0 amide bonds. The van der Waals surface area contributed by atoms with Crippen molar-refractivity contribution in [1.29, 1.82) is 0 Å². The predicted octanol–water partition coefficient (Wildman–Crippen LogP) is 2.29. The number of ketones is 1. The third kappa shape index (κ3) is 5.55. The summed E-state index contributed by atoms with van der Waals surface area (Å²) < 4.78 is 39.4. The summed E-state index contributed by atoms with van der Waals surface area (Å²) in [5.74, 6) is -0.871. The third-order valence-corrected chi connectivity index (χ3v) is 5.48. The van der Waals surface area contributed by atoms with Crippen LogP contribution in [0.2, 0.25) is 0 Å². The predicted molar refractivity (Wildman–Crippen MR) is 97.9 cm³/mol. The third-order valence-electron chi connectivity index (χ3n) is 3.75. The minimum Gasteiger partial charge on any atom is -0.497 e. The van der Waals surface area contributed by atoms with Gasteiger partial charge in [-0.1, -0.05) is 18.2 Å². The Morgan fingerprint density at radius 3 is 2.30 bits per heavy atom. The Labute approximate surface area is 157 Å². The van der Waals surface area contributed by atoms with Gasteiger partial charge in [0.25, 0.3) is 0 Å². The van der Waals surface area contributed by atoms with Crippen LogP contribution in [0.15, 0.2) is 53.4 Å². The van der Waals surface area contributed by atoms with Crippen molar-refractivity contribution in [1.82, 2.24) is 0 Å². The maximum Gasteiger partial charge on any atom is 0.307 e. The second kappa shape index (κ2) is 9.18. The Hall–Kier alpha value is -2.87. The van der Waals surface area contributed by atoms with Gasteiger partial charge in [0.1, 0.15) is 11.5 Å². The van der Waals surface area contributed by atoms with Crippen molar-refractivity contribution >= 4 is 21.6 Å². The first kappa shape index (κ1) is 20.4. The first-order valence-corrected chi connectivity index (χ1v) is 9.71. The molecule has 2 rings (SSSR count). The molecule has 8 heteroatoms. The van der Waals surface area contributed by atoms with Crippen LogP contribution in [0.3, 0.4) is 0 Å². The topological polar surface area (TPSA) is 96.0 Å². The fourth-order valence-corrected chi connectivity index (χ4v) is 3.53. The van der Waals surface area contributed by atoms with Gasteiger partial charge in [0.05, 0.1) is 36.9 Å². The molecular weight excluding hydrogens is 372 g/mol. The molecule has 0 saturated heterocycles. The number of benzene rings is 2. The molecule has 0 bridgehead atoms. The molecule has 0 saturated carbocycles. The molecule has 0 fully saturated rings. The lowest BCUT2D eigenvalue weighted by Gasteiger charge is -2.10. The molecule has 144 valence electrons. The van der Waals surface area contributed by atoms with E-state index in [4.69, 9.17) is 14.2 Å². The van der Waals surface area contributed by atoms with E-state index in [0.717, 1.165) is 0 Å². The molecule has 0 aliphatic rings. The van der Waals surface area contributed by atoms with Gasteiger partial charge in [-0.2, -0.15) is 0 Å². The van der Waals surface area contributed by atoms with E-state index in [-0.39, 0.29) is 16.9 Å². The number of carbonyl (C=O) groups excluding carboxylic acids is 2. The van der Waals surface area contributed by atoms with Crippen molar-refractivity contribution in [3.8, 4) is 11.5 Å². The van der Waals surface area contributed by atoms with E-state index >= 15 is 0 Å². The van der Waals surface area contributed by atoms with Crippen LogP contribution in [0, 0.1) is 0 Å². The first-order valence-electron chi connectivity index (χ1n) is 8.06. The van der Waals surface area contributed by atoms with E-state index in [1.165, 1.54) is 32.4 Å². The molecule has 0 aromatic heterocycles. The van der Waals surface area contributed by atoms with E-state index < -0.39 is 33.9 Å². The summed E-state index contributed by atoms with van der Waals surface area (Å²) in [5, 5.41) is 0. The van der Waals surface area contributed by atoms with Gasteiger partial charge in [-0.05, 0) is 30.3 Å². The Kier molecular flexibility index (Phi) is 6.95. The Balaban J connectivity index is 1.93. The van der Waals surface area contributed by atoms with Crippen LogP contribution >= 0.6 is 0 Å². The molecule has 2 aromatic carbocycles. The highest BCUT2D eigenvalue weighted by Gasteiger charge is 2.19. The number of sulfone groups is 1. The first-order chi connectivity index (χ1) is 12.9. The molecule has 0 N–H and O–H groups in total. The van der Waals surface area contributed by atoms with Gasteiger partial charge < -0.3 is 14.2 Å². The maximum atomic E-state index is 12.3. The number of esters is 1. The van der Waals surface area contributed by atoms with Crippen LogP contribution in [0.4, 0.5) is 0 Å². The van der Waals surface area contributed by atoms with Gasteiger partial charge in [0.2, 0.25) is 5.78 Å². The van der Waals surface area contributed by atoms with E-state index in [1.807, 2.05) is 0 Å². The van der Waals surface area contributed by atoms with Crippen molar-refractivity contribution < 1.29 is 32.2 Å². The van der Waals surface area contributed by atoms with E-state index in [2.05, 4.69) is 0 Å². The summed E-state index contributed by atoms with van der Waals surface area (Å²) in [4.78, 5) is 24.3. The molecule has 0 aliphatic carbocycles. The quantitative estimate of drug-likeness (QED) is 0.477. The molecule has 2 aromatic rings. The van der Waals surface area contributed by atoms with Crippen molar-refractivity contribution in [3.05, 3.63) is 54.1 Å². The highest BCUT2D eigenvalue weighted by molar-refractivity contribution is 7.91. The average molecular weight is 392 g/mol. The van der Waals surface area contributed by atoms with E-state index in [9.17, 15) is 18.0 Å². The smallest absolute Gasteiger partial charge is 0.307 e. The molecule has 0 aliphatic heterocycles. The summed E-state index contributed by atoms with van der Waals surface area (Å²) in [7, 11) is -0.711. The maximum absolute atomic E-state index is 12.3. The molecular formula is C19H20O7S. The van der Waals surface area contributed by atoms with Crippen LogP contribution in [-0.2, 0) is 19.4 Å². The molecule has 0 unspecified atom stereocenters. The standard InChI is InChI=1S/C19H20O7S/c1-24-14-8-9-18(25-2)16(12-14)17(20)13-26-19(21)10-11-27(22,23)15-6-4-3-5-7-15/h3-9,12H,10-11,13H2,1-2H3. The van der Waals surface area contributed by atoms with Crippen LogP contribution < -0.4 is 9.47 Å². The Bertz CT molecular complexity index is 905. The van der Waals surface area contributed by atoms with Crippen molar-refractivity contribution in [2.75, 3.05) is 26.6 Å². The summed E-state index contributed by atoms with van der Waals surface area (Å²) in [5.41, 5.74) is 0.210. The zero-order chi connectivity index (χ0) is 19.9. The lowest BCUT2D eigenvalue weighted by Crippen LogP contribution is -2.18. The molecule has 0 atom stereocenters. The second-order valence-corrected chi connectivity index (χ2v) is 7.64. The summed E-state index contributed by atoms with van der Waals surface area (Å²) >= 11 is 0. The van der Waals surface area contributed by atoms with E-state index in [1.54, 1.807) is 30.3 Å². The number of hydrogen-bond acceptors (Lipinski definition) is 7. The lowest BCUT2D eigenvalue weighted by molar-refractivity contribution is -0.142. The largest absolute Gasteiger partial charge is 0.497 e. The van der Waals surface area contributed by atoms with Crippen LogP contribution in [0.5, 0.6) is 11.5 Å². The molecule has 27 heavy (non-hydrogen) atoms. The van der Waals surface area contributed by atoms with Crippen LogP contribution in [0.25, 0.3) is 0 Å². The SMILES string of the molecule is COc1ccc(OC)c(C(=O)COC(=O)CCS(=O)(=O)c2ccccc2)c1. The minimum atomic E-state index is -3.59. The summed E-state index contributed by atoms with van der Waals surface area (Å²) in [6.45, 7) is -0.520. The van der Waals surface area contributed by atoms with Crippen molar-refractivity contribution in [2.45, 2.75) is 11.3 Å². The molecule has 0 radical (unpaired) electrons. The van der Waals surface area contributed by atoms with Gasteiger partial charge >= 0.3 is 5.97 Å². The molecule has 7 nitrogen and oxygen atoms in total. The average Bonchev–Trinajstić information content (AvgIpc) is 2.70. The zero-order valence-electron chi connectivity index (χ0n) is 15.0. The number of methoxy groups -OCH3 is 2. The van der Waals surface area contributed by atoms with Gasteiger partial charge in [-0.3, -0.25) is 9.59 Å². The number of hydrogen-bond donors (Lipinski definition) is 0. The summed E-state index contributed by atoms with van der Waals surface area (Å²) in [6, 6.07) is 12.5. The molecule has 0 heterocycles. The number of ether oxygens (including phenoxy) is 3. The summed E-state index contributed by atoms with van der Waals surface area (Å²) in [6.07, 6.45) is -0.347. The lowest BCUT2D eigenvalue weighted by atomic mass is 10.1. The molecule has 0 spiro atoms. The Morgan fingerprint density at radius 2 is 1.67 bits per heavy atom. The minimum absolute atomic E-state index is 0.134. The van der Waals surface area contributed by atoms with Gasteiger partial charge in [-0.15, -0.1) is 0 Å². The van der Waals surface area contributed by atoms with Gasteiger partial charge in [0.15, 0.2) is 16.4 Å². The van der Waals surface area contributed by atoms with Crippen molar-refractivity contribution in [2.24, 2.45) is 0 Å². The fraction of sp³-hybridized carbons (Fsp3) is 0.263. The highest BCUT2D eigenvalue weighted by atomic mass is 32.2. The number of rotatable bonds is 9. The Morgan fingerprint density at radius 1 is 0.963 bits per heavy atom. The fourth-order valence-electron chi connectivity index (χ4n) is 2.29. The zero-order valence-corrected chi connectivity index (χ0v) is 15.8. The number of carbonyl (C=O) groups is 2. The van der Waals surface area contributed by atoms with Crippen LogP contribution in [-0.4, -0.2) is 46.7 Å². The van der Waals surface area contributed by atoms with Gasteiger partial charge in [0, 0.05) is 0 Å². The number of Topliss-reactive ketones (excluding diaryl/α,β-unsaturated/α-hetero) is 1. The highest BCUT2D eigenvalue weighted by Crippen LogP contribution is 2.24.